The summed E-state index contributed by atoms with van der Waals surface area (Å²) in [5.74, 6) is -1.32. The summed E-state index contributed by atoms with van der Waals surface area (Å²) in [6, 6.07) is 5.67. The number of carbonyl (C=O) groups is 1. The second kappa shape index (κ2) is 3.38. The molecule has 0 saturated carbocycles. The normalized spacial score (nSPS) is 12.9. The van der Waals surface area contributed by atoms with Crippen molar-refractivity contribution in [2.75, 3.05) is 0 Å². The minimum atomic E-state index is -0.821. The third-order valence-electron chi connectivity index (χ3n) is 2.48. The van der Waals surface area contributed by atoms with Gasteiger partial charge in [-0.2, -0.15) is 5.10 Å². The predicted molar refractivity (Wildman–Crippen MR) is 56.0 cm³/mol. The number of aromatic nitrogens is 2. The molecule has 15 heavy (non-hydrogen) atoms. The van der Waals surface area contributed by atoms with E-state index in [2.05, 4.69) is 5.10 Å². The van der Waals surface area contributed by atoms with Crippen LogP contribution in [0, 0.1) is 6.92 Å². The highest BCUT2D eigenvalue weighted by molar-refractivity contribution is 5.75. The number of fused-ring (bicyclic) bond motifs is 1. The van der Waals surface area contributed by atoms with Crippen molar-refractivity contribution in [1.82, 2.24) is 9.61 Å². The molecule has 2 aromatic rings. The topological polar surface area (TPSA) is 54.6 Å². The lowest BCUT2D eigenvalue weighted by atomic mass is 10.0. The first-order chi connectivity index (χ1) is 7.08. The lowest BCUT2D eigenvalue weighted by Gasteiger charge is -2.06. The van der Waals surface area contributed by atoms with E-state index in [-0.39, 0.29) is 0 Å². The van der Waals surface area contributed by atoms with Crippen LogP contribution < -0.4 is 0 Å². The van der Waals surface area contributed by atoms with Gasteiger partial charge >= 0.3 is 5.97 Å². The summed E-state index contributed by atoms with van der Waals surface area (Å²) in [5, 5.41) is 13.1. The van der Waals surface area contributed by atoms with Crippen molar-refractivity contribution < 1.29 is 9.90 Å². The van der Waals surface area contributed by atoms with Gasteiger partial charge < -0.3 is 5.11 Å². The molecule has 1 atom stereocenters. The minimum absolute atomic E-state index is 0.501. The van der Waals surface area contributed by atoms with Crippen LogP contribution in [0.15, 0.2) is 24.4 Å². The van der Waals surface area contributed by atoms with Crippen LogP contribution in [0.25, 0.3) is 5.52 Å². The van der Waals surface area contributed by atoms with Gasteiger partial charge in [0.15, 0.2) is 0 Å². The second-order valence-electron chi connectivity index (χ2n) is 3.68. The van der Waals surface area contributed by atoms with Gasteiger partial charge in [-0.05, 0) is 31.5 Å². The van der Waals surface area contributed by atoms with Gasteiger partial charge in [0, 0.05) is 6.20 Å². The summed E-state index contributed by atoms with van der Waals surface area (Å²) in [4.78, 5) is 10.8. The fourth-order valence-corrected chi connectivity index (χ4v) is 1.53. The number of nitrogens with zero attached hydrogens (tertiary/aromatic N) is 2. The molecule has 4 heteroatoms. The number of carboxylic acids is 1. The van der Waals surface area contributed by atoms with Crippen LogP contribution in [-0.4, -0.2) is 20.7 Å². The Hall–Kier alpha value is -1.84. The van der Waals surface area contributed by atoms with E-state index in [4.69, 9.17) is 5.11 Å². The van der Waals surface area contributed by atoms with Crippen molar-refractivity contribution in [2.45, 2.75) is 19.8 Å². The molecule has 2 aromatic heterocycles. The molecule has 0 aliphatic heterocycles. The Morgan fingerprint density at radius 1 is 1.53 bits per heavy atom. The monoisotopic (exact) mass is 204 g/mol. The maximum Gasteiger partial charge on any atom is 0.310 e. The molecule has 2 heterocycles. The van der Waals surface area contributed by atoms with Gasteiger partial charge in [-0.3, -0.25) is 4.79 Å². The highest BCUT2D eigenvalue weighted by Crippen LogP contribution is 2.16. The fraction of sp³-hybridized carbons (Fsp3) is 0.273. The Kier molecular flexibility index (Phi) is 2.19. The largest absolute Gasteiger partial charge is 0.481 e. The molecule has 0 aliphatic carbocycles. The van der Waals surface area contributed by atoms with Crippen molar-refractivity contribution >= 4 is 11.5 Å². The third-order valence-corrected chi connectivity index (χ3v) is 2.48. The molecule has 0 aliphatic rings. The van der Waals surface area contributed by atoms with Gasteiger partial charge in [0.1, 0.15) is 0 Å². The maximum atomic E-state index is 10.8. The molecule has 78 valence electrons. The molecule has 4 nitrogen and oxygen atoms in total. The average molecular weight is 204 g/mol. The van der Waals surface area contributed by atoms with Gasteiger partial charge in [-0.1, -0.05) is 6.07 Å². The summed E-state index contributed by atoms with van der Waals surface area (Å²) < 4.78 is 1.71. The molecule has 0 amide bonds. The molecule has 0 bridgehead atoms. The first kappa shape index (κ1) is 9.71. The van der Waals surface area contributed by atoms with E-state index in [0.29, 0.717) is 0 Å². The molecular weight excluding hydrogens is 192 g/mol. The zero-order valence-corrected chi connectivity index (χ0v) is 8.64. The van der Waals surface area contributed by atoms with E-state index >= 15 is 0 Å². The first-order valence-corrected chi connectivity index (χ1v) is 4.76. The molecule has 2 rings (SSSR count). The number of pyridine rings is 1. The summed E-state index contributed by atoms with van der Waals surface area (Å²) in [7, 11) is 0. The standard InChI is InChI=1S/C11H12N2O2/c1-7-5-10-4-3-9(6-13(10)12-7)8(2)11(14)15/h3-6,8H,1-2H3,(H,14,15). The highest BCUT2D eigenvalue weighted by atomic mass is 16.4. The summed E-state index contributed by atoms with van der Waals surface area (Å²) >= 11 is 0. The molecule has 0 spiro atoms. The quantitative estimate of drug-likeness (QED) is 0.811. The zero-order valence-electron chi connectivity index (χ0n) is 8.64. The smallest absolute Gasteiger partial charge is 0.310 e. The number of hydrogen-bond acceptors (Lipinski definition) is 2. The van der Waals surface area contributed by atoms with Gasteiger partial charge in [0.25, 0.3) is 0 Å². The number of carboxylic acid groups (broad SMARTS) is 1. The van der Waals surface area contributed by atoms with Crippen LogP contribution in [0.2, 0.25) is 0 Å². The molecule has 0 aromatic carbocycles. The Morgan fingerprint density at radius 3 is 2.93 bits per heavy atom. The molecule has 0 fully saturated rings. The molecule has 0 saturated heterocycles. The lowest BCUT2D eigenvalue weighted by Crippen LogP contribution is -2.08. The molecule has 1 unspecified atom stereocenters. The molecule has 0 radical (unpaired) electrons. The van der Waals surface area contributed by atoms with E-state index in [1.54, 1.807) is 17.6 Å². The van der Waals surface area contributed by atoms with Crippen molar-refractivity contribution in [3.8, 4) is 0 Å². The van der Waals surface area contributed by atoms with Crippen LogP contribution in [0.4, 0.5) is 0 Å². The summed E-state index contributed by atoms with van der Waals surface area (Å²) in [6.45, 7) is 3.58. The van der Waals surface area contributed by atoms with E-state index in [1.807, 2.05) is 25.1 Å². The molecule has 1 N–H and O–H groups in total. The predicted octanol–water partition coefficient (Wildman–Crippen LogP) is 1.83. The summed E-state index contributed by atoms with van der Waals surface area (Å²) in [6.07, 6.45) is 1.76. The van der Waals surface area contributed by atoms with Crippen molar-refractivity contribution in [2.24, 2.45) is 0 Å². The first-order valence-electron chi connectivity index (χ1n) is 4.76. The van der Waals surface area contributed by atoms with Crippen LogP contribution in [0.5, 0.6) is 0 Å². The van der Waals surface area contributed by atoms with Gasteiger partial charge in [-0.25, -0.2) is 4.52 Å². The Balaban J connectivity index is 2.50. The SMILES string of the molecule is Cc1cc2ccc(C(C)C(=O)O)cn2n1. The van der Waals surface area contributed by atoms with Gasteiger partial charge in [0.2, 0.25) is 0 Å². The fourth-order valence-electron chi connectivity index (χ4n) is 1.53. The lowest BCUT2D eigenvalue weighted by molar-refractivity contribution is -0.138. The van der Waals surface area contributed by atoms with Gasteiger partial charge in [-0.15, -0.1) is 0 Å². The highest BCUT2D eigenvalue weighted by Gasteiger charge is 2.14. The van der Waals surface area contributed by atoms with E-state index in [9.17, 15) is 4.79 Å². The average Bonchev–Trinajstić information content (AvgIpc) is 2.55. The Bertz CT molecular complexity index is 516. The number of aliphatic carboxylic acids is 1. The Labute approximate surface area is 87.2 Å². The van der Waals surface area contributed by atoms with Gasteiger partial charge in [0.05, 0.1) is 17.1 Å². The van der Waals surface area contributed by atoms with Crippen LogP contribution in [-0.2, 0) is 4.79 Å². The minimum Gasteiger partial charge on any atom is -0.481 e. The van der Waals surface area contributed by atoms with Crippen LogP contribution >= 0.6 is 0 Å². The Morgan fingerprint density at radius 2 is 2.27 bits per heavy atom. The molecular formula is C11H12N2O2. The zero-order chi connectivity index (χ0) is 11.0. The third kappa shape index (κ3) is 1.70. The van der Waals surface area contributed by atoms with Crippen molar-refractivity contribution in [3.63, 3.8) is 0 Å². The number of aryl methyl sites for hydroxylation is 1. The van der Waals surface area contributed by atoms with Crippen molar-refractivity contribution in [1.29, 1.82) is 0 Å². The number of rotatable bonds is 2. The van der Waals surface area contributed by atoms with E-state index in [1.165, 1.54) is 0 Å². The van der Waals surface area contributed by atoms with Crippen LogP contribution in [0.3, 0.4) is 0 Å². The second-order valence-corrected chi connectivity index (χ2v) is 3.68. The number of hydrogen-bond donors (Lipinski definition) is 1. The maximum absolute atomic E-state index is 10.8. The summed E-state index contributed by atoms with van der Waals surface area (Å²) in [5.41, 5.74) is 2.67. The van der Waals surface area contributed by atoms with Crippen molar-refractivity contribution in [3.05, 3.63) is 35.7 Å². The van der Waals surface area contributed by atoms with Crippen LogP contribution in [0.1, 0.15) is 24.1 Å². The van der Waals surface area contributed by atoms with E-state index < -0.39 is 11.9 Å². The van der Waals surface area contributed by atoms with E-state index in [0.717, 1.165) is 16.8 Å².